The average molecular weight is 229 g/mol. The van der Waals surface area contributed by atoms with Crippen LogP contribution in [0.3, 0.4) is 0 Å². The molecule has 0 aliphatic heterocycles. The largest absolute Gasteiger partial charge is 0.385 e. The molecule has 1 atom stereocenters. The summed E-state index contributed by atoms with van der Waals surface area (Å²) in [5.74, 6) is 0.603. The van der Waals surface area contributed by atoms with Crippen molar-refractivity contribution < 1.29 is 4.74 Å². The lowest BCUT2D eigenvalue weighted by atomic mass is 10.0. The molecule has 5 heteroatoms. The number of hydrogen-bond donors (Lipinski definition) is 1. The zero-order valence-electron chi connectivity index (χ0n) is 9.56. The smallest absolute Gasteiger partial charge is 0.0893 e. The highest BCUT2D eigenvalue weighted by molar-refractivity contribution is 7.03. The molecule has 0 amide bonds. The number of rotatable bonds is 7. The predicted molar refractivity (Wildman–Crippen MR) is 61.9 cm³/mol. The molecule has 4 nitrogen and oxygen atoms in total. The van der Waals surface area contributed by atoms with E-state index < -0.39 is 0 Å². The molecular formula is C10H19N3OS. The van der Waals surface area contributed by atoms with Crippen molar-refractivity contribution in [2.45, 2.75) is 32.9 Å². The van der Waals surface area contributed by atoms with Crippen molar-refractivity contribution in [1.82, 2.24) is 14.9 Å². The first-order chi connectivity index (χ1) is 7.24. The summed E-state index contributed by atoms with van der Waals surface area (Å²) in [6.45, 7) is 6.02. The van der Waals surface area contributed by atoms with Gasteiger partial charge >= 0.3 is 0 Å². The van der Waals surface area contributed by atoms with Gasteiger partial charge in [-0.05, 0) is 23.9 Å². The molecule has 0 spiro atoms. The summed E-state index contributed by atoms with van der Waals surface area (Å²) < 4.78 is 8.93. The van der Waals surface area contributed by atoms with E-state index in [-0.39, 0.29) is 0 Å². The molecule has 15 heavy (non-hydrogen) atoms. The van der Waals surface area contributed by atoms with Crippen LogP contribution in [0.4, 0.5) is 0 Å². The first kappa shape index (κ1) is 12.5. The van der Waals surface area contributed by atoms with Gasteiger partial charge in [-0.1, -0.05) is 18.3 Å². The summed E-state index contributed by atoms with van der Waals surface area (Å²) in [5, 5.41) is 9.46. The van der Waals surface area contributed by atoms with Gasteiger partial charge in [0.2, 0.25) is 0 Å². The highest BCUT2D eigenvalue weighted by Crippen LogP contribution is 2.07. The summed E-state index contributed by atoms with van der Waals surface area (Å²) in [6.07, 6.45) is 1.03. The number of ether oxygens (including phenoxy) is 1. The Morgan fingerprint density at radius 2 is 2.33 bits per heavy atom. The van der Waals surface area contributed by atoms with E-state index in [0.717, 1.165) is 25.3 Å². The number of hydrogen-bond acceptors (Lipinski definition) is 5. The summed E-state index contributed by atoms with van der Waals surface area (Å²) in [7, 11) is 1.74. The Labute approximate surface area is 95.2 Å². The maximum Gasteiger partial charge on any atom is 0.0893 e. The number of methoxy groups -OCH3 is 1. The van der Waals surface area contributed by atoms with Gasteiger partial charge in [0.25, 0.3) is 0 Å². The topological polar surface area (TPSA) is 47.0 Å². The second-order valence-corrected chi connectivity index (χ2v) is 4.52. The minimum absolute atomic E-state index is 0.478. The van der Waals surface area contributed by atoms with Crippen molar-refractivity contribution in [2.75, 3.05) is 13.7 Å². The SMILES string of the molecule is COCCC(NCc1csnn1)C(C)C. The molecule has 0 aliphatic carbocycles. The van der Waals surface area contributed by atoms with Crippen molar-refractivity contribution in [1.29, 1.82) is 0 Å². The van der Waals surface area contributed by atoms with Gasteiger partial charge in [0.15, 0.2) is 0 Å². The van der Waals surface area contributed by atoms with Crippen LogP contribution in [0.1, 0.15) is 26.0 Å². The third-order valence-corrected chi connectivity index (χ3v) is 2.94. The Morgan fingerprint density at radius 3 is 2.87 bits per heavy atom. The second-order valence-electron chi connectivity index (χ2n) is 3.91. The third-order valence-electron chi connectivity index (χ3n) is 2.39. The zero-order chi connectivity index (χ0) is 11.1. The Bertz CT molecular complexity index is 251. The van der Waals surface area contributed by atoms with Gasteiger partial charge in [0.1, 0.15) is 0 Å². The quantitative estimate of drug-likeness (QED) is 0.773. The second kappa shape index (κ2) is 6.87. The monoisotopic (exact) mass is 229 g/mol. The van der Waals surface area contributed by atoms with Crippen LogP contribution in [0.5, 0.6) is 0 Å². The molecule has 1 aromatic heterocycles. The lowest BCUT2D eigenvalue weighted by Gasteiger charge is -2.21. The fraction of sp³-hybridized carbons (Fsp3) is 0.800. The Morgan fingerprint density at radius 1 is 1.53 bits per heavy atom. The van der Waals surface area contributed by atoms with E-state index in [1.165, 1.54) is 11.5 Å². The van der Waals surface area contributed by atoms with Crippen LogP contribution in [0.25, 0.3) is 0 Å². The van der Waals surface area contributed by atoms with Crippen LogP contribution >= 0.6 is 11.5 Å². The summed E-state index contributed by atoms with van der Waals surface area (Å²) >= 11 is 1.39. The first-order valence-corrected chi connectivity index (χ1v) is 6.06. The molecule has 1 heterocycles. The minimum Gasteiger partial charge on any atom is -0.385 e. The molecule has 0 fully saturated rings. The van der Waals surface area contributed by atoms with Crippen LogP contribution in [0, 0.1) is 5.92 Å². The highest BCUT2D eigenvalue weighted by Gasteiger charge is 2.12. The summed E-state index contributed by atoms with van der Waals surface area (Å²) in [6, 6.07) is 0.478. The number of nitrogens with zero attached hydrogens (tertiary/aromatic N) is 2. The van der Waals surface area contributed by atoms with Gasteiger partial charge in [-0.15, -0.1) is 5.10 Å². The van der Waals surface area contributed by atoms with Gasteiger partial charge in [-0.2, -0.15) is 0 Å². The van der Waals surface area contributed by atoms with Crippen molar-refractivity contribution >= 4 is 11.5 Å². The standard InChI is InChI=1S/C10H19N3OS/c1-8(2)10(4-5-14-3)11-6-9-7-15-13-12-9/h7-8,10-11H,4-6H2,1-3H3. The molecule has 1 rings (SSSR count). The number of aromatic nitrogens is 2. The molecule has 0 saturated heterocycles. The summed E-state index contributed by atoms with van der Waals surface area (Å²) in [5.41, 5.74) is 1.02. The van der Waals surface area contributed by atoms with Crippen LogP contribution in [0.15, 0.2) is 5.38 Å². The maximum absolute atomic E-state index is 5.09. The Balaban J connectivity index is 2.31. The zero-order valence-corrected chi connectivity index (χ0v) is 10.4. The van der Waals surface area contributed by atoms with Gasteiger partial charge < -0.3 is 10.1 Å². The van der Waals surface area contributed by atoms with Crippen LogP contribution in [0.2, 0.25) is 0 Å². The lowest BCUT2D eigenvalue weighted by molar-refractivity contribution is 0.173. The normalized spacial score (nSPS) is 13.3. The van der Waals surface area contributed by atoms with E-state index in [2.05, 4.69) is 28.8 Å². The lowest BCUT2D eigenvalue weighted by Crippen LogP contribution is -2.34. The molecule has 0 radical (unpaired) electrons. The van der Waals surface area contributed by atoms with Gasteiger partial charge in [-0.25, -0.2) is 0 Å². The molecule has 0 bridgehead atoms. The molecule has 86 valence electrons. The van der Waals surface area contributed by atoms with E-state index in [1.807, 2.05) is 5.38 Å². The summed E-state index contributed by atoms with van der Waals surface area (Å²) in [4.78, 5) is 0. The van der Waals surface area contributed by atoms with E-state index in [9.17, 15) is 0 Å². The highest BCUT2D eigenvalue weighted by atomic mass is 32.1. The first-order valence-electron chi connectivity index (χ1n) is 5.22. The van der Waals surface area contributed by atoms with E-state index in [0.29, 0.717) is 12.0 Å². The predicted octanol–water partition coefficient (Wildman–Crippen LogP) is 1.69. The van der Waals surface area contributed by atoms with Crippen molar-refractivity contribution in [2.24, 2.45) is 5.92 Å². The van der Waals surface area contributed by atoms with Crippen LogP contribution < -0.4 is 5.32 Å². The van der Waals surface area contributed by atoms with Crippen molar-refractivity contribution in [3.05, 3.63) is 11.1 Å². The van der Waals surface area contributed by atoms with Gasteiger partial charge in [0, 0.05) is 31.7 Å². The molecule has 0 saturated carbocycles. The Hall–Kier alpha value is -0.520. The molecule has 0 aliphatic rings. The molecule has 0 aromatic carbocycles. The molecule has 1 aromatic rings. The van der Waals surface area contributed by atoms with Crippen LogP contribution in [-0.2, 0) is 11.3 Å². The van der Waals surface area contributed by atoms with E-state index >= 15 is 0 Å². The minimum atomic E-state index is 0.478. The van der Waals surface area contributed by atoms with Crippen molar-refractivity contribution in [3.8, 4) is 0 Å². The molecule has 1 N–H and O–H groups in total. The molecular weight excluding hydrogens is 210 g/mol. The van der Waals surface area contributed by atoms with Gasteiger partial charge in [0.05, 0.1) is 5.69 Å². The van der Waals surface area contributed by atoms with Crippen LogP contribution in [-0.4, -0.2) is 29.3 Å². The fourth-order valence-corrected chi connectivity index (χ4v) is 1.86. The van der Waals surface area contributed by atoms with E-state index in [1.54, 1.807) is 7.11 Å². The fourth-order valence-electron chi connectivity index (χ4n) is 1.41. The van der Waals surface area contributed by atoms with E-state index in [4.69, 9.17) is 4.74 Å². The Kier molecular flexibility index (Phi) is 5.75. The third kappa shape index (κ3) is 4.68. The maximum atomic E-state index is 5.09. The van der Waals surface area contributed by atoms with Gasteiger partial charge in [-0.3, -0.25) is 0 Å². The molecule has 1 unspecified atom stereocenters. The number of nitrogens with one attached hydrogen (secondary N) is 1. The average Bonchev–Trinajstić information content (AvgIpc) is 2.70. The van der Waals surface area contributed by atoms with Crippen molar-refractivity contribution in [3.63, 3.8) is 0 Å².